The molecular formula is C16H27BrN2O3. The van der Waals surface area contributed by atoms with Gasteiger partial charge in [-0.1, -0.05) is 6.92 Å². The maximum absolute atomic E-state index is 11.9. The molecule has 1 aromatic rings. The Bertz CT molecular complexity index is 482. The van der Waals surface area contributed by atoms with Crippen LogP contribution in [-0.4, -0.2) is 36.7 Å². The Morgan fingerprint density at radius 2 is 2.05 bits per heavy atom. The summed E-state index contributed by atoms with van der Waals surface area (Å²) in [6, 6.07) is 3.95. The van der Waals surface area contributed by atoms with Crippen LogP contribution in [0.4, 0.5) is 4.79 Å². The molecule has 0 bridgehead atoms. The van der Waals surface area contributed by atoms with Crippen molar-refractivity contribution in [2.24, 2.45) is 5.92 Å². The summed E-state index contributed by atoms with van der Waals surface area (Å²) in [7, 11) is 1.76. The normalized spacial score (nSPS) is 14.5. The average Bonchev–Trinajstić information content (AvgIpc) is 2.80. The zero-order chi connectivity index (χ0) is 16.9. The van der Waals surface area contributed by atoms with Gasteiger partial charge in [-0.2, -0.15) is 0 Å². The summed E-state index contributed by atoms with van der Waals surface area (Å²) in [4.78, 5) is 13.5. The molecule has 6 heteroatoms. The van der Waals surface area contributed by atoms with Gasteiger partial charge in [0.05, 0.1) is 6.04 Å². The minimum atomic E-state index is -0.464. The molecule has 1 heterocycles. The lowest BCUT2D eigenvalue weighted by molar-refractivity contribution is 0.0276. The van der Waals surface area contributed by atoms with Crippen molar-refractivity contribution < 1.29 is 13.9 Å². The number of carbonyl (C=O) groups excluding carboxylic acids is 1. The predicted octanol–water partition coefficient (Wildman–Crippen LogP) is 4.20. The molecule has 0 saturated carbocycles. The van der Waals surface area contributed by atoms with Crippen LogP contribution in [0.25, 0.3) is 0 Å². The van der Waals surface area contributed by atoms with E-state index in [2.05, 4.69) is 35.1 Å². The number of halogens is 1. The maximum atomic E-state index is 11.9. The molecule has 2 unspecified atom stereocenters. The average molecular weight is 375 g/mol. The van der Waals surface area contributed by atoms with E-state index in [1.807, 2.05) is 32.9 Å². The molecule has 1 aromatic heterocycles. The minimum absolute atomic E-state index is 0.126. The number of ether oxygens (including phenoxy) is 1. The van der Waals surface area contributed by atoms with Crippen molar-refractivity contribution in [1.29, 1.82) is 0 Å². The van der Waals surface area contributed by atoms with E-state index in [9.17, 15) is 4.79 Å². The Morgan fingerprint density at radius 1 is 1.41 bits per heavy atom. The topological polar surface area (TPSA) is 54.7 Å². The molecule has 0 saturated heterocycles. The van der Waals surface area contributed by atoms with Crippen LogP contribution in [0.3, 0.4) is 0 Å². The molecule has 1 N–H and O–H groups in total. The summed E-state index contributed by atoms with van der Waals surface area (Å²) in [6.45, 7) is 11.2. The highest BCUT2D eigenvalue weighted by Crippen LogP contribution is 2.20. The predicted molar refractivity (Wildman–Crippen MR) is 90.9 cm³/mol. The number of furan rings is 1. The van der Waals surface area contributed by atoms with E-state index in [1.165, 1.54) is 0 Å². The Labute approximate surface area is 141 Å². The molecule has 5 nitrogen and oxygen atoms in total. The first kappa shape index (κ1) is 19.0. The van der Waals surface area contributed by atoms with Crippen molar-refractivity contribution in [1.82, 2.24) is 10.2 Å². The molecule has 0 fully saturated rings. The molecule has 0 radical (unpaired) electrons. The zero-order valence-electron chi connectivity index (χ0n) is 14.3. The molecule has 126 valence electrons. The number of rotatable bonds is 6. The van der Waals surface area contributed by atoms with Gasteiger partial charge < -0.3 is 19.4 Å². The zero-order valence-corrected chi connectivity index (χ0v) is 15.9. The minimum Gasteiger partial charge on any atom is -0.453 e. The Balaban J connectivity index is 2.36. The van der Waals surface area contributed by atoms with Gasteiger partial charge >= 0.3 is 6.09 Å². The van der Waals surface area contributed by atoms with Crippen molar-refractivity contribution in [3.8, 4) is 0 Å². The first-order chi connectivity index (χ1) is 10.1. The van der Waals surface area contributed by atoms with E-state index < -0.39 is 5.60 Å². The van der Waals surface area contributed by atoms with Gasteiger partial charge in [-0.05, 0) is 61.7 Å². The molecule has 0 aromatic carbocycles. The summed E-state index contributed by atoms with van der Waals surface area (Å²) in [5.41, 5.74) is -0.464. The van der Waals surface area contributed by atoms with Gasteiger partial charge in [-0.3, -0.25) is 0 Å². The van der Waals surface area contributed by atoms with Crippen molar-refractivity contribution in [3.05, 3.63) is 22.6 Å². The molecule has 22 heavy (non-hydrogen) atoms. The van der Waals surface area contributed by atoms with Crippen LogP contribution < -0.4 is 5.32 Å². The van der Waals surface area contributed by atoms with Gasteiger partial charge in [0.15, 0.2) is 4.67 Å². The third-order valence-electron chi connectivity index (χ3n) is 3.08. The standard InChI is InChI=1S/C16H27BrN2O3/c1-11(10-19(6)15(20)22-16(3,4)5)9-18-12(2)13-7-8-14(17)21-13/h7-8,11-12,18H,9-10H2,1-6H3. The van der Waals surface area contributed by atoms with Crippen LogP contribution in [0.2, 0.25) is 0 Å². The van der Waals surface area contributed by atoms with Crippen molar-refractivity contribution in [3.63, 3.8) is 0 Å². The summed E-state index contributed by atoms with van der Waals surface area (Å²) in [6.07, 6.45) is -0.289. The van der Waals surface area contributed by atoms with Crippen LogP contribution in [0.1, 0.15) is 46.4 Å². The molecule has 0 spiro atoms. The van der Waals surface area contributed by atoms with E-state index >= 15 is 0 Å². The lowest BCUT2D eigenvalue weighted by Crippen LogP contribution is -2.38. The highest BCUT2D eigenvalue weighted by atomic mass is 79.9. The molecule has 1 rings (SSSR count). The SMILES string of the molecule is CC(CNC(C)c1ccc(Br)o1)CN(C)C(=O)OC(C)(C)C. The van der Waals surface area contributed by atoms with Crippen LogP contribution in [-0.2, 0) is 4.74 Å². The first-order valence-corrected chi connectivity index (χ1v) is 8.30. The number of hydrogen-bond donors (Lipinski definition) is 1. The molecular weight excluding hydrogens is 348 g/mol. The summed E-state index contributed by atoms with van der Waals surface area (Å²) >= 11 is 3.30. The molecule has 0 aliphatic heterocycles. The molecule has 0 aliphatic rings. The fraction of sp³-hybridized carbons (Fsp3) is 0.688. The fourth-order valence-corrected chi connectivity index (χ4v) is 2.31. The van der Waals surface area contributed by atoms with Crippen LogP contribution in [0, 0.1) is 5.92 Å². The van der Waals surface area contributed by atoms with E-state index in [0.717, 1.165) is 17.0 Å². The Kier molecular flexibility index (Phi) is 6.94. The highest BCUT2D eigenvalue weighted by molar-refractivity contribution is 9.10. The van der Waals surface area contributed by atoms with Gasteiger partial charge in [0.1, 0.15) is 11.4 Å². The summed E-state index contributed by atoms with van der Waals surface area (Å²) in [5, 5.41) is 3.41. The van der Waals surface area contributed by atoms with Gasteiger partial charge in [-0.15, -0.1) is 0 Å². The van der Waals surface area contributed by atoms with E-state index in [4.69, 9.17) is 9.15 Å². The molecule has 0 aliphatic carbocycles. The first-order valence-electron chi connectivity index (χ1n) is 7.51. The third-order valence-corrected chi connectivity index (χ3v) is 3.51. The number of amides is 1. The second kappa shape index (κ2) is 8.02. The largest absolute Gasteiger partial charge is 0.453 e. The van der Waals surface area contributed by atoms with Gasteiger partial charge in [0.2, 0.25) is 0 Å². The summed E-state index contributed by atoms with van der Waals surface area (Å²) < 4.78 is 11.6. The second-order valence-corrected chi connectivity index (χ2v) is 7.52. The van der Waals surface area contributed by atoms with Crippen molar-refractivity contribution in [2.45, 2.75) is 46.3 Å². The fourth-order valence-electron chi connectivity index (χ4n) is 1.99. The van der Waals surface area contributed by atoms with Gasteiger partial charge in [-0.25, -0.2) is 4.79 Å². The Morgan fingerprint density at radius 3 is 2.55 bits per heavy atom. The van der Waals surface area contributed by atoms with Crippen LogP contribution >= 0.6 is 15.9 Å². The van der Waals surface area contributed by atoms with Crippen LogP contribution in [0.5, 0.6) is 0 Å². The number of carbonyl (C=O) groups is 1. The monoisotopic (exact) mass is 374 g/mol. The number of hydrogen-bond acceptors (Lipinski definition) is 4. The van der Waals surface area contributed by atoms with Gasteiger partial charge in [0.25, 0.3) is 0 Å². The lowest BCUT2D eigenvalue weighted by Gasteiger charge is -2.27. The number of nitrogens with one attached hydrogen (secondary N) is 1. The third kappa shape index (κ3) is 6.83. The van der Waals surface area contributed by atoms with E-state index in [-0.39, 0.29) is 12.1 Å². The second-order valence-electron chi connectivity index (χ2n) is 6.74. The molecule has 1 amide bonds. The van der Waals surface area contributed by atoms with Crippen LogP contribution in [0.15, 0.2) is 21.2 Å². The number of nitrogens with zero attached hydrogens (tertiary/aromatic N) is 1. The van der Waals surface area contributed by atoms with Gasteiger partial charge in [0, 0.05) is 20.1 Å². The smallest absolute Gasteiger partial charge is 0.410 e. The summed E-state index contributed by atoms with van der Waals surface area (Å²) in [5.74, 6) is 1.19. The molecule has 2 atom stereocenters. The quantitative estimate of drug-likeness (QED) is 0.810. The highest BCUT2D eigenvalue weighted by Gasteiger charge is 2.21. The maximum Gasteiger partial charge on any atom is 0.410 e. The van der Waals surface area contributed by atoms with E-state index in [0.29, 0.717) is 12.5 Å². The Hall–Kier alpha value is -1.01. The van der Waals surface area contributed by atoms with E-state index in [1.54, 1.807) is 11.9 Å². The van der Waals surface area contributed by atoms with Crippen molar-refractivity contribution in [2.75, 3.05) is 20.1 Å². The van der Waals surface area contributed by atoms with Crippen molar-refractivity contribution >= 4 is 22.0 Å². The lowest BCUT2D eigenvalue weighted by atomic mass is 10.1.